The third-order valence-electron chi connectivity index (χ3n) is 4.29. The van der Waals surface area contributed by atoms with Crippen LogP contribution in [0.3, 0.4) is 0 Å². The first-order valence-electron chi connectivity index (χ1n) is 8.25. The molecule has 1 aliphatic rings. The highest BCUT2D eigenvalue weighted by molar-refractivity contribution is 5.87. The van der Waals surface area contributed by atoms with Gasteiger partial charge >= 0.3 is 0 Å². The molecule has 1 aliphatic carbocycles. The third-order valence-corrected chi connectivity index (χ3v) is 4.29. The highest BCUT2D eigenvalue weighted by Crippen LogP contribution is 2.29. The molecular formula is C18H37N. The maximum Gasteiger partial charge on any atom is 0.0524 e. The first kappa shape index (κ1) is 18.7. The van der Waals surface area contributed by atoms with Gasteiger partial charge in [0.25, 0.3) is 0 Å². The molecule has 0 aromatic heterocycles. The van der Waals surface area contributed by atoms with Crippen LogP contribution in [0.25, 0.3) is 0 Å². The van der Waals surface area contributed by atoms with Crippen molar-refractivity contribution in [2.45, 2.75) is 93.5 Å². The van der Waals surface area contributed by atoms with Crippen LogP contribution in [0.2, 0.25) is 0 Å². The van der Waals surface area contributed by atoms with Crippen molar-refractivity contribution in [3.8, 4) is 0 Å². The number of rotatable bonds is 3. The Morgan fingerprint density at radius 3 is 2.05 bits per heavy atom. The molecule has 0 radical (unpaired) electrons. The molecule has 0 bridgehead atoms. The summed E-state index contributed by atoms with van der Waals surface area (Å²) >= 11 is 0. The van der Waals surface area contributed by atoms with Gasteiger partial charge in [-0.1, -0.05) is 61.3 Å². The van der Waals surface area contributed by atoms with Crippen molar-refractivity contribution in [3.63, 3.8) is 0 Å². The summed E-state index contributed by atoms with van der Waals surface area (Å²) in [4.78, 5) is 4.98. The molecule has 114 valence electrons. The SMILES string of the molecule is CC(C)C.CCC(C)(C)C(C)=NC1CCCCC1C. The molecule has 1 fully saturated rings. The summed E-state index contributed by atoms with van der Waals surface area (Å²) in [5.74, 6) is 1.63. The molecule has 2 atom stereocenters. The highest BCUT2D eigenvalue weighted by atomic mass is 14.8. The first-order valence-corrected chi connectivity index (χ1v) is 8.25. The summed E-state index contributed by atoms with van der Waals surface area (Å²) in [6, 6.07) is 0.601. The molecule has 0 aromatic rings. The van der Waals surface area contributed by atoms with Crippen LogP contribution in [-0.2, 0) is 0 Å². The van der Waals surface area contributed by atoms with Crippen molar-refractivity contribution in [3.05, 3.63) is 0 Å². The Balaban J connectivity index is 0.000000711. The van der Waals surface area contributed by atoms with Gasteiger partial charge in [-0.3, -0.25) is 4.99 Å². The normalized spacial score (nSPS) is 25.0. The van der Waals surface area contributed by atoms with Crippen molar-refractivity contribution in [2.24, 2.45) is 22.2 Å². The zero-order chi connectivity index (χ0) is 15.1. The first-order chi connectivity index (χ1) is 8.70. The quantitative estimate of drug-likeness (QED) is 0.546. The maximum absolute atomic E-state index is 4.98. The van der Waals surface area contributed by atoms with E-state index in [-0.39, 0.29) is 5.41 Å². The Bertz CT molecular complexity index is 260. The Morgan fingerprint density at radius 1 is 1.16 bits per heavy atom. The fourth-order valence-corrected chi connectivity index (χ4v) is 2.17. The Morgan fingerprint density at radius 2 is 1.63 bits per heavy atom. The molecule has 0 N–H and O–H groups in total. The van der Waals surface area contributed by atoms with E-state index in [1.54, 1.807) is 0 Å². The minimum atomic E-state index is 0.289. The summed E-state index contributed by atoms with van der Waals surface area (Å²) in [5.41, 5.74) is 1.64. The Hall–Kier alpha value is -0.330. The summed E-state index contributed by atoms with van der Waals surface area (Å²) in [7, 11) is 0. The molecule has 0 aliphatic heterocycles. The van der Waals surface area contributed by atoms with Crippen LogP contribution in [0.4, 0.5) is 0 Å². The zero-order valence-electron chi connectivity index (χ0n) is 14.7. The van der Waals surface area contributed by atoms with E-state index in [9.17, 15) is 0 Å². The zero-order valence-corrected chi connectivity index (χ0v) is 14.7. The lowest BCUT2D eigenvalue weighted by Gasteiger charge is -2.29. The monoisotopic (exact) mass is 267 g/mol. The van der Waals surface area contributed by atoms with Gasteiger partial charge in [-0.25, -0.2) is 0 Å². The van der Waals surface area contributed by atoms with E-state index in [0.29, 0.717) is 6.04 Å². The predicted octanol–water partition coefficient (Wildman–Crippen LogP) is 6.12. The van der Waals surface area contributed by atoms with Crippen molar-refractivity contribution < 1.29 is 0 Å². The minimum Gasteiger partial charge on any atom is -0.290 e. The smallest absolute Gasteiger partial charge is 0.0524 e. The van der Waals surface area contributed by atoms with Gasteiger partial charge in [0, 0.05) is 11.1 Å². The molecule has 0 amide bonds. The van der Waals surface area contributed by atoms with Crippen LogP contribution < -0.4 is 0 Å². The lowest BCUT2D eigenvalue weighted by atomic mass is 9.83. The fraction of sp³-hybridized carbons (Fsp3) is 0.944. The maximum atomic E-state index is 4.98. The standard InChI is InChI=1S/C14H27N.C4H10/c1-6-14(4,5)12(3)15-13-10-8-7-9-11(13)2;1-4(2)3/h11,13H,6-10H2,1-5H3;4H,1-3H3. The van der Waals surface area contributed by atoms with Crippen molar-refractivity contribution in [1.82, 2.24) is 0 Å². The van der Waals surface area contributed by atoms with E-state index in [1.807, 2.05) is 0 Å². The lowest BCUT2D eigenvalue weighted by Crippen LogP contribution is -2.27. The molecule has 1 nitrogen and oxygen atoms in total. The second kappa shape index (κ2) is 8.76. The molecule has 19 heavy (non-hydrogen) atoms. The average molecular weight is 268 g/mol. The van der Waals surface area contributed by atoms with Crippen LogP contribution >= 0.6 is 0 Å². The van der Waals surface area contributed by atoms with E-state index < -0.39 is 0 Å². The van der Waals surface area contributed by atoms with Crippen LogP contribution in [0.5, 0.6) is 0 Å². The van der Waals surface area contributed by atoms with Crippen LogP contribution in [0, 0.1) is 17.3 Å². The Labute approximate surface area is 122 Å². The summed E-state index contributed by atoms with van der Waals surface area (Å²) in [5, 5.41) is 0. The molecule has 1 rings (SSSR count). The van der Waals surface area contributed by atoms with Crippen LogP contribution in [-0.4, -0.2) is 11.8 Å². The molecule has 1 saturated carbocycles. The van der Waals surface area contributed by atoms with Crippen LogP contribution in [0.1, 0.15) is 87.5 Å². The largest absolute Gasteiger partial charge is 0.290 e. The van der Waals surface area contributed by atoms with Gasteiger partial charge in [-0.2, -0.15) is 0 Å². The van der Waals surface area contributed by atoms with Gasteiger partial charge in [-0.15, -0.1) is 0 Å². The molecular weight excluding hydrogens is 230 g/mol. The summed E-state index contributed by atoms with van der Waals surface area (Å²) < 4.78 is 0. The summed E-state index contributed by atoms with van der Waals surface area (Å²) in [6.45, 7) is 17.9. The van der Waals surface area contributed by atoms with Gasteiger partial charge in [0.2, 0.25) is 0 Å². The van der Waals surface area contributed by atoms with Gasteiger partial charge in [0.15, 0.2) is 0 Å². The third kappa shape index (κ3) is 7.74. The number of nitrogens with zero attached hydrogens (tertiary/aromatic N) is 1. The molecule has 2 unspecified atom stereocenters. The van der Waals surface area contributed by atoms with Gasteiger partial charge in [-0.05, 0) is 38.0 Å². The second-order valence-electron chi connectivity index (χ2n) is 7.51. The number of aliphatic imine (C=N–C) groups is 1. The molecule has 0 heterocycles. The minimum absolute atomic E-state index is 0.289. The number of hydrogen-bond donors (Lipinski definition) is 0. The van der Waals surface area contributed by atoms with E-state index in [2.05, 4.69) is 55.4 Å². The summed E-state index contributed by atoms with van der Waals surface area (Å²) in [6.07, 6.45) is 6.64. The molecule has 0 saturated heterocycles. The molecule has 1 heteroatoms. The average Bonchev–Trinajstić information content (AvgIpc) is 2.31. The second-order valence-corrected chi connectivity index (χ2v) is 7.51. The fourth-order valence-electron chi connectivity index (χ4n) is 2.17. The van der Waals surface area contributed by atoms with E-state index in [0.717, 1.165) is 11.8 Å². The van der Waals surface area contributed by atoms with Crippen molar-refractivity contribution >= 4 is 5.71 Å². The number of hydrogen-bond acceptors (Lipinski definition) is 1. The van der Waals surface area contributed by atoms with E-state index >= 15 is 0 Å². The van der Waals surface area contributed by atoms with Gasteiger partial charge in [0.1, 0.15) is 0 Å². The lowest BCUT2D eigenvalue weighted by molar-refractivity contribution is 0.329. The van der Waals surface area contributed by atoms with Crippen LogP contribution in [0.15, 0.2) is 4.99 Å². The van der Waals surface area contributed by atoms with E-state index in [1.165, 1.54) is 37.8 Å². The molecule has 0 aromatic carbocycles. The van der Waals surface area contributed by atoms with E-state index in [4.69, 9.17) is 4.99 Å². The highest BCUT2D eigenvalue weighted by Gasteiger charge is 2.24. The van der Waals surface area contributed by atoms with Crippen molar-refractivity contribution in [2.75, 3.05) is 0 Å². The topological polar surface area (TPSA) is 12.4 Å². The molecule has 0 spiro atoms. The predicted molar refractivity (Wildman–Crippen MR) is 89.1 cm³/mol. The van der Waals surface area contributed by atoms with Gasteiger partial charge < -0.3 is 0 Å². The van der Waals surface area contributed by atoms with Crippen molar-refractivity contribution in [1.29, 1.82) is 0 Å². The van der Waals surface area contributed by atoms with Gasteiger partial charge in [0.05, 0.1) is 6.04 Å². The Kier molecular flexibility index (Phi) is 8.61.